The van der Waals surface area contributed by atoms with Crippen molar-refractivity contribution in [3.63, 3.8) is 0 Å². The molecular formula is C11H10F6S. The highest BCUT2D eigenvalue weighted by molar-refractivity contribution is 7.98. The average Bonchev–Trinajstić information content (AvgIpc) is 2.24. The third-order valence-electron chi connectivity index (χ3n) is 2.41. The molecule has 0 aliphatic carbocycles. The van der Waals surface area contributed by atoms with E-state index < -0.39 is 23.5 Å². The standard InChI is InChI=1S/C11H10F6S/c1-3-6-4-5-7(10(12,13)14)8(9(6)18-2)11(15,16)17/h4-5H,3H2,1-2H3. The van der Waals surface area contributed by atoms with Crippen molar-refractivity contribution in [3.05, 3.63) is 28.8 Å². The van der Waals surface area contributed by atoms with Crippen molar-refractivity contribution in [3.8, 4) is 0 Å². The molecular weight excluding hydrogens is 278 g/mol. The summed E-state index contributed by atoms with van der Waals surface area (Å²) in [5.41, 5.74) is -2.94. The Kier molecular flexibility index (Phi) is 4.25. The van der Waals surface area contributed by atoms with Gasteiger partial charge in [-0.3, -0.25) is 0 Å². The topological polar surface area (TPSA) is 0 Å². The summed E-state index contributed by atoms with van der Waals surface area (Å²) >= 11 is 0.684. The predicted molar refractivity (Wildman–Crippen MR) is 57.6 cm³/mol. The van der Waals surface area contributed by atoms with Gasteiger partial charge in [0.2, 0.25) is 0 Å². The van der Waals surface area contributed by atoms with Gasteiger partial charge in [-0.15, -0.1) is 11.8 Å². The zero-order valence-electron chi connectivity index (χ0n) is 9.54. The van der Waals surface area contributed by atoms with E-state index in [4.69, 9.17) is 0 Å². The Labute approximate surface area is 104 Å². The molecule has 0 radical (unpaired) electrons. The van der Waals surface area contributed by atoms with E-state index in [1.165, 1.54) is 6.26 Å². The fourth-order valence-corrected chi connectivity index (χ4v) is 2.56. The van der Waals surface area contributed by atoms with Crippen LogP contribution in [0.3, 0.4) is 0 Å². The van der Waals surface area contributed by atoms with Gasteiger partial charge >= 0.3 is 12.4 Å². The van der Waals surface area contributed by atoms with Crippen molar-refractivity contribution in [1.82, 2.24) is 0 Å². The number of rotatable bonds is 2. The summed E-state index contributed by atoms with van der Waals surface area (Å²) in [5.74, 6) is 0. The summed E-state index contributed by atoms with van der Waals surface area (Å²) in [4.78, 5) is -0.347. The van der Waals surface area contributed by atoms with Crippen molar-refractivity contribution in [2.45, 2.75) is 30.6 Å². The second kappa shape index (κ2) is 5.03. The summed E-state index contributed by atoms with van der Waals surface area (Å²) < 4.78 is 76.4. The van der Waals surface area contributed by atoms with Gasteiger partial charge in [-0.25, -0.2) is 0 Å². The first-order chi connectivity index (χ1) is 8.12. The van der Waals surface area contributed by atoms with Gasteiger partial charge in [-0.05, 0) is 24.3 Å². The zero-order valence-corrected chi connectivity index (χ0v) is 10.4. The molecule has 102 valence electrons. The number of hydrogen-bond acceptors (Lipinski definition) is 1. The van der Waals surface area contributed by atoms with Crippen LogP contribution in [-0.2, 0) is 18.8 Å². The fourth-order valence-electron chi connectivity index (χ4n) is 1.66. The minimum atomic E-state index is -5.02. The second-order valence-electron chi connectivity index (χ2n) is 3.53. The largest absolute Gasteiger partial charge is 0.418 e. The first kappa shape index (κ1) is 15.2. The third-order valence-corrected chi connectivity index (χ3v) is 3.29. The molecule has 0 spiro atoms. The molecule has 0 aliphatic heterocycles. The predicted octanol–water partition coefficient (Wildman–Crippen LogP) is 5.01. The van der Waals surface area contributed by atoms with E-state index in [1.807, 2.05) is 0 Å². The molecule has 0 fully saturated rings. The van der Waals surface area contributed by atoms with Crippen molar-refractivity contribution in [2.24, 2.45) is 0 Å². The molecule has 0 bridgehead atoms. The normalized spacial score (nSPS) is 12.9. The van der Waals surface area contributed by atoms with Crippen LogP contribution in [-0.4, -0.2) is 6.26 Å². The molecule has 18 heavy (non-hydrogen) atoms. The third kappa shape index (κ3) is 2.93. The molecule has 0 amide bonds. The lowest BCUT2D eigenvalue weighted by molar-refractivity contribution is -0.163. The van der Waals surface area contributed by atoms with Gasteiger partial charge in [0.1, 0.15) is 0 Å². The van der Waals surface area contributed by atoms with Crippen molar-refractivity contribution >= 4 is 11.8 Å². The molecule has 0 aliphatic rings. The van der Waals surface area contributed by atoms with Crippen LogP contribution in [0.4, 0.5) is 26.3 Å². The molecule has 1 aromatic rings. The summed E-state index contributed by atoms with van der Waals surface area (Å²) in [6, 6.07) is 1.60. The van der Waals surface area contributed by atoms with Crippen LogP contribution in [0.25, 0.3) is 0 Å². The molecule has 7 heteroatoms. The smallest absolute Gasteiger partial charge is 0.166 e. The average molecular weight is 288 g/mol. The van der Waals surface area contributed by atoms with Gasteiger partial charge in [0.05, 0.1) is 11.1 Å². The number of thioether (sulfide) groups is 1. The summed E-state index contributed by atoms with van der Waals surface area (Å²) in [6.07, 6.45) is -8.45. The maximum absolute atomic E-state index is 12.8. The first-order valence-electron chi connectivity index (χ1n) is 4.97. The van der Waals surface area contributed by atoms with Gasteiger partial charge in [0.15, 0.2) is 0 Å². The van der Waals surface area contributed by atoms with E-state index in [1.54, 1.807) is 6.92 Å². The molecule has 0 saturated heterocycles. The molecule has 0 nitrogen and oxygen atoms in total. The van der Waals surface area contributed by atoms with E-state index in [2.05, 4.69) is 0 Å². The first-order valence-corrected chi connectivity index (χ1v) is 6.19. The van der Waals surface area contributed by atoms with Gasteiger partial charge in [-0.1, -0.05) is 13.0 Å². The highest BCUT2D eigenvalue weighted by Gasteiger charge is 2.45. The Morgan fingerprint density at radius 2 is 1.56 bits per heavy atom. The molecule has 0 heterocycles. The van der Waals surface area contributed by atoms with Gasteiger partial charge in [0.25, 0.3) is 0 Å². The van der Waals surface area contributed by atoms with Gasteiger partial charge in [0, 0.05) is 4.90 Å². The lowest BCUT2D eigenvalue weighted by atomic mass is 10.0. The number of halogens is 6. The Balaban J connectivity index is 3.66. The van der Waals surface area contributed by atoms with Gasteiger partial charge in [-0.2, -0.15) is 26.3 Å². The lowest BCUT2D eigenvalue weighted by Gasteiger charge is -2.20. The van der Waals surface area contributed by atoms with Crippen LogP contribution in [0.15, 0.2) is 17.0 Å². The van der Waals surface area contributed by atoms with E-state index in [0.29, 0.717) is 17.8 Å². The fraction of sp³-hybridized carbons (Fsp3) is 0.455. The van der Waals surface area contributed by atoms with Crippen LogP contribution in [0.1, 0.15) is 23.6 Å². The van der Waals surface area contributed by atoms with Crippen molar-refractivity contribution in [1.29, 1.82) is 0 Å². The Bertz CT molecular complexity index is 432. The van der Waals surface area contributed by atoms with E-state index in [-0.39, 0.29) is 16.9 Å². The minimum Gasteiger partial charge on any atom is -0.166 e. The summed E-state index contributed by atoms with van der Waals surface area (Å²) in [6.45, 7) is 1.60. The number of alkyl halides is 6. The summed E-state index contributed by atoms with van der Waals surface area (Å²) in [7, 11) is 0. The van der Waals surface area contributed by atoms with E-state index in [0.717, 1.165) is 6.07 Å². The Morgan fingerprint density at radius 3 is 1.89 bits per heavy atom. The highest BCUT2D eigenvalue weighted by Crippen LogP contribution is 2.45. The molecule has 0 atom stereocenters. The lowest BCUT2D eigenvalue weighted by Crippen LogP contribution is -2.18. The highest BCUT2D eigenvalue weighted by atomic mass is 32.2. The quantitative estimate of drug-likeness (QED) is 0.544. The number of aryl methyl sites for hydroxylation is 1. The van der Waals surface area contributed by atoms with E-state index >= 15 is 0 Å². The van der Waals surface area contributed by atoms with Crippen LogP contribution < -0.4 is 0 Å². The Morgan fingerprint density at radius 1 is 1.00 bits per heavy atom. The van der Waals surface area contributed by atoms with E-state index in [9.17, 15) is 26.3 Å². The SMILES string of the molecule is CCc1ccc(C(F)(F)F)c(C(F)(F)F)c1SC. The van der Waals surface area contributed by atoms with Crippen LogP contribution >= 0.6 is 11.8 Å². The molecule has 0 saturated carbocycles. The molecule has 0 N–H and O–H groups in total. The zero-order chi connectivity index (χ0) is 14.1. The number of benzene rings is 1. The maximum atomic E-state index is 12.8. The second-order valence-corrected chi connectivity index (χ2v) is 4.35. The van der Waals surface area contributed by atoms with Crippen LogP contribution in [0.5, 0.6) is 0 Å². The van der Waals surface area contributed by atoms with Crippen LogP contribution in [0.2, 0.25) is 0 Å². The molecule has 1 rings (SSSR count). The molecule has 0 unspecified atom stereocenters. The monoisotopic (exact) mass is 288 g/mol. The van der Waals surface area contributed by atoms with Gasteiger partial charge < -0.3 is 0 Å². The number of hydrogen-bond donors (Lipinski definition) is 0. The van der Waals surface area contributed by atoms with Crippen molar-refractivity contribution in [2.75, 3.05) is 6.26 Å². The molecule has 1 aromatic carbocycles. The Hall–Kier alpha value is -0.850. The summed E-state index contributed by atoms with van der Waals surface area (Å²) in [5, 5.41) is 0. The maximum Gasteiger partial charge on any atom is 0.418 e. The van der Waals surface area contributed by atoms with Crippen LogP contribution in [0, 0.1) is 0 Å². The van der Waals surface area contributed by atoms with Crippen molar-refractivity contribution < 1.29 is 26.3 Å². The minimum absolute atomic E-state index is 0.247. The molecule has 0 aromatic heterocycles.